The van der Waals surface area contributed by atoms with Gasteiger partial charge in [0.1, 0.15) is 17.6 Å². The number of anilines is 2. The van der Waals surface area contributed by atoms with E-state index in [1.54, 1.807) is 6.33 Å². The fourth-order valence-corrected chi connectivity index (χ4v) is 4.52. The highest BCUT2D eigenvalue weighted by Crippen LogP contribution is 2.30. The van der Waals surface area contributed by atoms with Gasteiger partial charge in [0.2, 0.25) is 0 Å². The molecular formula is C24H30N6O. The molecular weight excluding hydrogens is 388 g/mol. The first-order valence-electron chi connectivity index (χ1n) is 11.2. The van der Waals surface area contributed by atoms with Crippen molar-refractivity contribution in [3.63, 3.8) is 0 Å². The van der Waals surface area contributed by atoms with E-state index in [-0.39, 0.29) is 0 Å². The Morgan fingerprint density at radius 1 is 1.13 bits per heavy atom. The van der Waals surface area contributed by atoms with Gasteiger partial charge in [0, 0.05) is 34.4 Å². The summed E-state index contributed by atoms with van der Waals surface area (Å²) >= 11 is 0. The van der Waals surface area contributed by atoms with Gasteiger partial charge in [0.15, 0.2) is 5.82 Å². The van der Waals surface area contributed by atoms with E-state index in [1.807, 2.05) is 10.7 Å². The lowest BCUT2D eigenvalue weighted by Crippen LogP contribution is -2.31. The van der Waals surface area contributed by atoms with Crippen LogP contribution in [0.3, 0.4) is 0 Å². The Kier molecular flexibility index (Phi) is 5.51. The fraction of sp³-hybridized carbons (Fsp3) is 0.417. The molecule has 3 aromatic heterocycles. The smallest absolute Gasteiger partial charge is 0.158 e. The van der Waals surface area contributed by atoms with E-state index in [4.69, 9.17) is 4.74 Å². The third-order valence-corrected chi connectivity index (χ3v) is 6.12. The van der Waals surface area contributed by atoms with E-state index in [0.717, 1.165) is 52.5 Å². The Balaban J connectivity index is 1.30. The van der Waals surface area contributed by atoms with Crippen LogP contribution in [-0.2, 0) is 0 Å². The number of fused-ring (bicyclic) bond motifs is 2. The van der Waals surface area contributed by atoms with Crippen LogP contribution < -0.4 is 10.1 Å². The molecule has 1 fully saturated rings. The average molecular weight is 419 g/mol. The molecule has 1 aliphatic heterocycles. The van der Waals surface area contributed by atoms with Crippen molar-refractivity contribution >= 4 is 27.9 Å². The van der Waals surface area contributed by atoms with Crippen molar-refractivity contribution in [2.24, 2.45) is 0 Å². The second-order valence-corrected chi connectivity index (χ2v) is 8.50. The molecule has 5 rings (SSSR count). The summed E-state index contributed by atoms with van der Waals surface area (Å²) in [5.41, 5.74) is 5.28. The summed E-state index contributed by atoms with van der Waals surface area (Å²) < 4.78 is 7.98. The van der Waals surface area contributed by atoms with Gasteiger partial charge in [-0.2, -0.15) is 5.10 Å². The number of aromatic nitrogens is 4. The Hall–Kier alpha value is -3.06. The molecule has 162 valence electrons. The van der Waals surface area contributed by atoms with E-state index in [2.05, 4.69) is 63.4 Å². The van der Waals surface area contributed by atoms with Crippen LogP contribution >= 0.6 is 0 Å². The molecule has 0 spiro atoms. The third kappa shape index (κ3) is 4.23. The molecule has 1 aliphatic rings. The van der Waals surface area contributed by atoms with Crippen molar-refractivity contribution in [2.75, 3.05) is 31.6 Å². The van der Waals surface area contributed by atoms with Crippen molar-refractivity contribution in [3.05, 3.63) is 48.0 Å². The van der Waals surface area contributed by atoms with Crippen LogP contribution in [0, 0.1) is 13.8 Å². The van der Waals surface area contributed by atoms with E-state index in [9.17, 15) is 0 Å². The number of nitrogens with one attached hydrogen (secondary N) is 2. The largest absolute Gasteiger partial charge is 0.492 e. The summed E-state index contributed by atoms with van der Waals surface area (Å²) in [6.07, 6.45) is 8.61. The lowest BCUT2D eigenvalue weighted by molar-refractivity contribution is 0.204. The minimum atomic E-state index is 0.716. The minimum Gasteiger partial charge on any atom is -0.492 e. The van der Waals surface area contributed by atoms with Gasteiger partial charge in [-0.25, -0.2) is 9.50 Å². The van der Waals surface area contributed by atoms with Gasteiger partial charge in [-0.3, -0.25) is 0 Å². The van der Waals surface area contributed by atoms with E-state index in [1.165, 1.54) is 37.7 Å². The Morgan fingerprint density at radius 2 is 2.00 bits per heavy atom. The van der Waals surface area contributed by atoms with E-state index < -0.39 is 0 Å². The first kappa shape index (κ1) is 19.9. The summed E-state index contributed by atoms with van der Waals surface area (Å²) in [6.45, 7) is 8.43. The summed E-state index contributed by atoms with van der Waals surface area (Å²) in [5, 5.41) is 9.04. The topological polar surface area (TPSA) is 70.5 Å². The molecule has 7 nitrogen and oxygen atoms in total. The molecule has 4 heterocycles. The second kappa shape index (κ2) is 8.59. The zero-order chi connectivity index (χ0) is 21.2. The predicted molar refractivity (Wildman–Crippen MR) is 124 cm³/mol. The molecule has 7 heteroatoms. The molecule has 0 atom stereocenters. The molecule has 0 aliphatic carbocycles. The van der Waals surface area contributed by atoms with Crippen molar-refractivity contribution in [2.45, 2.75) is 39.5 Å². The zero-order valence-electron chi connectivity index (χ0n) is 18.3. The van der Waals surface area contributed by atoms with Crippen LogP contribution in [-0.4, -0.2) is 50.7 Å². The second-order valence-electron chi connectivity index (χ2n) is 8.50. The van der Waals surface area contributed by atoms with E-state index in [0.29, 0.717) is 6.61 Å². The van der Waals surface area contributed by atoms with Crippen LogP contribution in [0.2, 0.25) is 0 Å². The molecule has 0 bridgehead atoms. The normalized spacial score (nSPS) is 15.0. The summed E-state index contributed by atoms with van der Waals surface area (Å²) in [4.78, 5) is 10.4. The number of aryl methyl sites for hydroxylation is 2. The Bertz CT molecular complexity index is 1190. The van der Waals surface area contributed by atoms with Gasteiger partial charge in [0.05, 0.1) is 12.8 Å². The number of H-pyrrole nitrogens is 1. The Labute approximate surface area is 182 Å². The van der Waals surface area contributed by atoms with Gasteiger partial charge in [-0.15, -0.1) is 0 Å². The zero-order valence-corrected chi connectivity index (χ0v) is 18.3. The van der Waals surface area contributed by atoms with Gasteiger partial charge >= 0.3 is 0 Å². The predicted octanol–water partition coefficient (Wildman–Crippen LogP) is 4.83. The molecule has 2 N–H and O–H groups in total. The summed E-state index contributed by atoms with van der Waals surface area (Å²) in [7, 11) is 0. The highest BCUT2D eigenvalue weighted by atomic mass is 16.5. The van der Waals surface area contributed by atoms with Crippen LogP contribution in [0.25, 0.3) is 16.4 Å². The number of piperidine rings is 1. The minimum absolute atomic E-state index is 0.716. The third-order valence-electron chi connectivity index (χ3n) is 6.12. The van der Waals surface area contributed by atoms with Crippen LogP contribution in [0.1, 0.15) is 36.9 Å². The quantitative estimate of drug-likeness (QED) is 0.421. The molecule has 0 amide bonds. The molecule has 0 saturated carbocycles. The van der Waals surface area contributed by atoms with Crippen molar-refractivity contribution in [1.29, 1.82) is 0 Å². The number of hydrogen-bond donors (Lipinski definition) is 2. The molecule has 0 unspecified atom stereocenters. The first-order chi connectivity index (χ1) is 15.2. The number of likely N-dealkylation sites (tertiary alicyclic amines) is 1. The summed E-state index contributed by atoms with van der Waals surface area (Å²) in [5.74, 6) is 1.65. The molecule has 1 saturated heterocycles. The van der Waals surface area contributed by atoms with Gasteiger partial charge in [-0.05, 0) is 70.5 Å². The van der Waals surface area contributed by atoms with Crippen molar-refractivity contribution in [3.8, 4) is 5.75 Å². The number of hydrogen-bond acceptors (Lipinski definition) is 5. The summed E-state index contributed by atoms with van der Waals surface area (Å²) in [6, 6.07) is 8.43. The number of rotatable bonds is 7. The van der Waals surface area contributed by atoms with Crippen LogP contribution in [0.5, 0.6) is 5.75 Å². The van der Waals surface area contributed by atoms with Gasteiger partial charge in [-0.1, -0.05) is 6.42 Å². The monoisotopic (exact) mass is 418 g/mol. The standard InChI is InChI=1S/C24H30N6O/c1-17-13-19-14-20(7-8-21(19)27-17)28-24-23-18(2)22(15-30(23)26-16-25-24)31-12-6-11-29-9-4-3-5-10-29/h7-8,13-16,27H,3-6,9-12H2,1-2H3,(H,25,26,28). The Morgan fingerprint density at radius 3 is 2.87 bits per heavy atom. The number of nitrogens with zero attached hydrogens (tertiary/aromatic N) is 4. The highest BCUT2D eigenvalue weighted by molar-refractivity contribution is 5.86. The maximum absolute atomic E-state index is 6.13. The molecule has 1 aromatic carbocycles. The van der Waals surface area contributed by atoms with E-state index >= 15 is 0 Å². The fourth-order valence-electron chi connectivity index (χ4n) is 4.52. The van der Waals surface area contributed by atoms with Crippen LogP contribution in [0.15, 0.2) is 36.8 Å². The first-order valence-corrected chi connectivity index (χ1v) is 11.2. The van der Waals surface area contributed by atoms with Gasteiger partial charge < -0.3 is 19.9 Å². The lowest BCUT2D eigenvalue weighted by atomic mass is 10.1. The van der Waals surface area contributed by atoms with Gasteiger partial charge in [0.25, 0.3) is 0 Å². The number of benzene rings is 1. The van der Waals surface area contributed by atoms with Crippen molar-refractivity contribution in [1.82, 2.24) is 24.5 Å². The SMILES string of the molecule is Cc1cc2cc(Nc3ncnn4cc(OCCCN5CCCCC5)c(C)c34)ccc2[nH]1. The maximum Gasteiger partial charge on any atom is 0.158 e. The maximum atomic E-state index is 6.13. The average Bonchev–Trinajstić information content (AvgIpc) is 3.31. The highest BCUT2D eigenvalue weighted by Gasteiger charge is 2.15. The number of aromatic amines is 1. The molecule has 4 aromatic rings. The number of ether oxygens (including phenoxy) is 1. The molecule has 0 radical (unpaired) electrons. The molecule has 31 heavy (non-hydrogen) atoms. The van der Waals surface area contributed by atoms with Crippen LogP contribution in [0.4, 0.5) is 11.5 Å². The van der Waals surface area contributed by atoms with Crippen molar-refractivity contribution < 1.29 is 4.74 Å². The lowest BCUT2D eigenvalue weighted by Gasteiger charge is -2.26.